The number of hydrogen-bond acceptors (Lipinski definition) is 7. The number of guanidine groups is 1. The number of ether oxygens (including phenoxy) is 1. The van der Waals surface area contributed by atoms with E-state index in [1.807, 2.05) is 50.2 Å². The maximum absolute atomic E-state index is 13.5. The zero-order valence-electron chi connectivity index (χ0n) is 21.0. The van der Waals surface area contributed by atoms with Crippen molar-refractivity contribution < 1.29 is 19.4 Å². The number of carbonyl (C=O) groups excluding carboxylic acids is 2. The highest BCUT2D eigenvalue weighted by Crippen LogP contribution is 2.51. The fourth-order valence-corrected chi connectivity index (χ4v) is 5.45. The molecule has 1 aliphatic carbocycles. The SMILES string of the molecule is CC1(C)CC(=O)N([C@H](c2cccnc2)[C@H]2C[C@@H]2C(=O)N[C@@H]2c3ccccc3OC(C)(C)[C@H]2O)C(N)=N1. The minimum atomic E-state index is -0.934. The zero-order chi connectivity index (χ0) is 25.8. The maximum atomic E-state index is 13.5. The van der Waals surface area contributed by atoms with E-state index in [-0.39, 0.29) is 36.0 Å². The van der Waals surface area contributed by atoms with Crippen molar-refractivity contribution in [2.24, 2.45) is 22.6 Å². The average molecular weight is 492 g/mol. The van der Waals surface area contributed by atoms with E-state index in [0.717, 1.165) is 11.1 Å². The Bertz CT molecular complexity index is 1210. The number of fused-ring (bicyclic) bond motifs is 1. The lowest BCUT2D eigenvalue weighted by molar-refractivity contribution is -0.132. The number of nitrogens with one attached hydrogen (secondary N) is 1. The fourth-order valence-electron chi connectivity index (χ4n) is 5.45. The summed E-state index contributed by atoms with van der Waals surface area (Å²) < 4.78 is 5.98. The first-order valence-corrected chi connectivity index (χ1v) is 12.3. The van der Waals surface area contributed by atoms with Gasteiger partial charge >= 0.3 is 0 Å². The van der Waals surface area contributed by atoms with Gasteiger partial charge in [-0.1, -0.05) is 24.3 Å². The van der Waals surface area contributed by atoms with E-state index in [4.69, 9.17) is 10.5 Å². The Morgan fingerprint density at radius 1 is 1.22 bits per heavy atom. The summed E-state index contributed by atoms with van der Waals surface area (Å²) in [4.78, 5) is 37.0. The van der Waals surface area contributed by atoms with Crippen LogP contribution in [0.1, 0.15) is 63.7 Å². The van der Waals surface area contributed by atoms with Crippen LogP contribution in [0.25, 0.3) is 0 Å². The quantitative estimate of drug-likeness (QED) is 0.589. The van der Waals surface area contributed by atoms with Crippen LogP contribution in [0, 0.1) is 11.8 Å². The van der Waals surface area contributed by atoms with Gasteiger partial charge in [-0.05, 0) is 57.7 Å². The number of para-hydroxylation sites is 1. The fraction of sp³-hybridized carbons (Fsp3) is 0.481. The van der Waals surface area contributed by atoms with Crippen molar-refractivity contribution in [3.8, 4) is 5.75 Å². The Hall–Kier alpha value is -3.46. The monoisotopic (exact) mass is 491 g/mol. The van der Waals surface area contributed by atoms with Crippen LogP contribution in [0.15, 0.2) is 53.8 Å². The summed E-state index contributed by atoms with van der Waals surface area (Å²) in [7, 11) is 0. The highest BCUT2D eigenvalue weighted by atomic mass is 16.5. The molecule has 4 N–H and O–H groups in total. The molecular weight excluding hydrogens is 458 g/mol. The first-order valence-electron chi connectivity index (χ1n) is 12.3. The van der Waals surface area contributed by atoms with Crippen molar-refractivity contribution in [1.82, 2.24) is 15.2 Å². The lowest BCUT2D eigenvalue weighted by Crippen LogP contribution is -2.54. The number of nitrogens with two attached hydrogens (primary N) is 1. The lowest BCUT2D eigenvalue weighted by atomic mass is 9.86. The van der Waals surface area contributed by atoms with Crippen molar-refractivity contribution in [2.45, 2.75) is 69.9 Å². The molecule has 36 heavy (non-hydrogen) atoms. The predicted molar refractivity (Wildman–Crippen MR) is 134 cm³/mol. The molecule has 0 spiro atoms. The Morgan fingerprint density at radius 2 is 1.97 bits per heavy atom. The molecule has 1 fully saturated rings. The van der Waals surface area contributed by atoms with E-state index in [9.17, 15) is 14.7 Å². The Morgan fingerprint density at radius 3 is 2.67 bits per heavy atom. The largest absolute Gasteiger partial charge is 0.485 e. The molecule has 3 aliphatic rings. The molecule has 1 saturated carbocycles. The molecule has 1 aromatic heterocycles. The molecule has 2 amide bonds. The van der Waals surface area contributed by atoms with Gasteiger partial charge in [-0.25, -0.2) is 4.99 Å². The maximum Gasteiger partial charge on any atom is 0.232 e. The second-order valence-electron chi connectivity index (χ2n) is 11.1. The van der Waals surface area contributed by atoms with E-state index >= 15 is 0 Å². The van der Waals surface area contributed by atoms with Gasteiger partial charge in [0.1, 0.15) is 17.5 Å². The second-order valence-corrected chi connectivity index (χ2v) is 11.1. The zero-order valence-corrected chi connectivity index (χ0v) is 21.0. The Labute approximate surface area is 210 Å². The summed E-state index contributed by atoms with van der Waals surface area (Å²) in [6, 6.07) is 10.1. The number of benzene rings is 1. The minimum Gasteiger partial charge on any atom is -0.485 e. The molecular formula is C27H33N5O4. The van der Waals surface area contributed by atoms with E-state index in [2.05, 4.69) is 15.3 Å². The van der Waals surface area contributed by atoms with Crippen LogP contribution in [-0.4, -0.2) is 50.0 Å². The number of hydrogen-bond donors (Lipinski definition) is 3. The topological polar surface area (TPSA) is 130 Å². The molecule has 0 bridgehead atoms. The van der Waals surface area contributed by atoms with Gasteiger partial charge in [0.25, 0.3) is 0 Å². The molecule has 2 aliphatic heterocycles. The van der Waals surface area contributed by atoms with Crippen molar-refractivity contribution in [1.29, 1.82) is 0 Å². The van der Waals surface area contributed by atoms with Gasteiger partial charge < -0.3 is 20.9 Å². The Kier molecular flexibility index (Phi) is 5.78. The molecule has 2 aromatic rings. The lowest BCUT2D eigenvalue weighted by Gasteiger charge is -2.42. The van der Waals surface area contributed by atoms with Crippen molar-refractivity contribution in [3.05, 3.63) is 59.9 Å². The first-order chi connectivity index (χ1) is 17.0. The van der Waals surface area contributed by atoms with Gasteiger partial charge in [0.2, 0.25) is 11.8 Å². The number of aromatic nitrogens is 1. The van der Waals surface area contributed by atoms with E-state index < -0.39 is 29.3 Å². The molecule has 3 heterocycles. The number of pyridine rings is 1. The molecule has 5 atom stereocenters. The summed E-state index contributed by atoms with van der Waals surface area (Å²) in [6.07, 6.45) is 3.25. The number of carbonyl (C=O) groups is 2. The first kappa shape index (κ1) is 24.2. The normalized spacial score (nSPS) is 28.9. The molecule has 190 valence electrons. The number of aliphatic hydroxyl groups excluding tert-OH is 1. The van der Waals surface area contributed by atoms with Crippen LogP contribution < -0.4 is 15.8 Å². The van der Waals surface area contributed by atoms with Crippen LogP contribution in [0.5, 0.6) is 5.75 Å². The van der Waals surface area contributed by atoms with Crippen molar-refractivity contribution in [2.75, 3.05) is 0 Å². The summed E-state index contributed by atoms with van der Waals surface area (Å²) in [5.41, 5.74) is 6.41. The molecule has 5 rings (SSSR count). The third kappa shape index (κ3) is 4.32. The summed E-state index contributed by atoms with van der Waals surface area (Å²) >= 11 is 0. The predicted octanol–water partition coefficient (Wildman–Crippen LogP) is 2.47. The van der Waals surface area contributed by atoms with Crippen molar-refractivity contribution >= 4 is 17.8 Å². The molecule has 0 saturated heterocycles. The number of aliphatic hydroxyl groups is 1. The summed E-state index contributed by atoms with van der Waals surface area (Å²) in [5.74, 6) is -0.00557. The molecule has 9 nitrogen and oxygen atoms in total. The summed E-state index contributed by atoms with van der Waals surface area (Å²) in [5, 5.41) is 14.1. The van der Waals surface area contributed by atoms with Gasteiger partial charge in [-0.15, -0.1) is 0 Å². The number of amides is 2. The van der Waals surface area contributed by atoms with Crippen molar-refractivity contribution in [3.63, 3.8) is 0 Å². The van der Waals surface area contributed by atoms with Gasteiger partial charge in [-0.3, -0.25) is 19.5 Å². The van der Waals surface area contributed by atoms with Crippen LogP contribution in [0.2, 0.25) is 0 Å². The molecule has 0 unspecified atom stereocenters. The number of rotatable bonds is 5. The number of aliphatic imine (C=N–C) groups is 1. The second kappa shape index (κ2) is 8.58. The minimum absolute atomic E-state index is 0.122. The van der Waals surface area contributed by atoms with E-state index in [0.29, 0.717) is 12.2 Å². The van der Waals surface area contributed by atoms with Crippen LogP contribution in [-0.2, 0) is 9.59 Å². The molecule has 0 radical (unpaired) electrons. The van der Waals surface area contributed by atoms with Crippen LogP contribution >= 0.6 is 0 Å². The van der Waals surface area contributed by atoms with Crippen LogP contribution in [0.3, 0.4) is 0 Å². The molecule has 1 aromatic carbocycles. The van der Waals surface area contributed by atoms with Gasteiger partial charge in [-0.2, -0.15) is 0 Å². The van der Waals surface area contributed by atoms with E-state index in [1.54, 1.807) is 26.2 Å². The van der Waals surface area contributed by atoms with E-state index in [1.165, 1.54) is 4.90 Å². The Balaban J connectivity index is 1.41. The van der Waals surface area contributed by atoms with Gasteiger partial charge in [0, 0.05) is 23.9 Å². The summed E-state index contributed by atoms with van der Waals surface area (Å²) in [6.45, 7) is 7.35. The smallest absolute Gasteiger partial charge is 0.232 e. The van der Waals surface area contributed by atoms with Gasteiger partial charge in [0.05, 0.1) is 24.0 Å². The van der Waals surface area contributed by atoms with Gasteiger partial charge in [0.15, 0.2) is 5.96 Å². The highest BCUT2D eigenvalue weighted by Gasteiger charge is 2.54. The van der Waals surface area contributed by atoms with Crippen LogP contribution in [0.4, 0.5) is 0 Å². The highest BCUT2D eigenvalue weighted by molar-refractivity contribution is 5.99. The molecule has 9 heteroatoms. The average Bonchev–Trinajstić information content (AvgIpc) is 3.59. The standard InChI is InChI=1S/C27H33N5O4/c1-26(2)13-20(33)32(25(28)31-26)22(15-8-7-11-29-14-15)17-12-18(17)24(35)30-21-16-9-5-6-10-19(16)36-27(3,4)23(21)34/h5-11,14,17-18,21-23,34H,12-13H2,1-4H3,(H2,28,31)(H,30,35)/t17-,18-,21+,22+,23-/m0/s1. The third-order valence-electron chi connectivity index (χ3n) is 7.36. The third-order valence-corrected chi connectivity index (χ3v) is 7.36. The number of nitrogens with zero attached hydrogens (tertiary/aromatic N) is 3.